The Morgan fingerprint density at radius 1 is 1.24 bits per heavy atom. The van der Waals surface area contributed by atoms with E-state index in [1.807, 2.05) is 35.0 Å². The number of para-hydroxylation sites is 1. The number of fused-ring (bicyclic) bond motifs is 1. The van der Waals surface area contributed by atoms with E-state index in [1.54, 1.807) is 30.7 Å². The normalized spacial score (nSPS) is 12.7. The number of hydrazone groups is 1. The van der Waals surface area contributed by atoms with Gasteiger partial charge in [-0.3, -0.25) is 9.78 Å². The molecular weight excluding hydrogens is 366 g/mol. The molecule has 0 fully saturated rings. The molecule has 3 rings (SSSR count). The summed E-state index contributed by atoms with van der Waals surface area (Å²) < 4.78 is 2.04. The summed E-state index contributed by atoms with van der Waals surface area (Å²) in [6.07, 6.45) is 6.25. The van der Waals surface area contributed by atoms with Gasteiger partial charge in [0.2, 0.25) is 0 Å². The van der Waals surface area contributed by atoms with Gasteiger partial charge in [-0.2, -0.15) is 5.10 Å². The van der Waals surface area contributed by atoms with Crippen LogP contribution in [0.1, 0.15) is 29.8 Å². The minimum atomic E-state index is -0.470. The van der Waals surface area contributed by atoms with Crippen LogP contribution in [0, 0.1) is 0 Å². The van der Waals surface area contributed by atoms with E-state index in [2.05, 4.69) is 34.3 Å². The molecule has 0 aliphatic rings. The first-order valence-corrected chi connectivity index (χ1v) is 9.84. The zero-order valence-corrected chi connectivity index (χ0v) is 16.8. The van der Waals surface area contributed by atoms with Crippen molar-refractivity contribution in [2.75, 3.05) is 19.6 Å². The van der Waals surface area contributed by atoms with Crippen LogP contribution in [0.15, 0.2) is 60.1 Å². The zero-order valence-electron chi connectivity index (χ0n) is 16.8. The summed E-state index contributed by atoms with van der Waals surface area (Å²) in [5.74, 6) is -0.290. The smallest absolute Gasteiger partial charge is 0.271 e. The number of pyridine rings is 1. The van der Waals surface area contributed by atoms with E-state index >= 15 is 0 Å². The molecule has 2 N–H and O–H groups in total. The Morgan fingerprint density at radius 2 is 1.97 bits per heavy atom. The van der Waals surface area contributed by atoms with Gasteiger partial charge in [-0.25, -0.2) is 5.43 Å². The molecule has 0 saturated carbocycles. The van der Waals surface area contributed by atoms with Crippen LogP contribution in [0.3, 0.4) is 0 Å². The van der Waals surface area contributed by atoms with Crippen molar-refractivity contribution in [1.82, 2.24) is 19.9 Å². The third-order valence-corrected chi connectivity index (χ3v) is 4.90. The third kappa shape index (κ3) is 5.28. The Morgan fingerprint density at radius 3 is 2.69 bits per heavy atom. The Hall–Kier alpha value is -3.03. The van der Waals surface area contributed by atoms with Crippen molar-refractivity contribution in [1.29, 1.82) is 0 Å². The molecule has 0 bridgehead atoms. The molecule has 1 aromatic carbocycles. The van der Waals surface area contributed by atoms with E-state index in [0.717, 1.165) is 29.6 Å². The summed E-state index contributed by atoms with van der Waals surface area (Å²) in [6.45, 7) is 7.13. The lowest BCUT2D eigenvalue weighted by molar-refractivity contribution is 0.0955. The Bertz CT molecular complexity index is 964. The first-order chi connectivity index (χ1) is 14.1. The van der Waals surface area contributed by atoms with Gasteiger partial charge in [0.15, 0.2) is 0 Å². The van der Waals surface area contributed by atoms with E-state index in [4.69, 9.17) is 0 Å². The molecule has 7 nitrogen and oxygen atoms in total. The van der Waals surface area contributed by atoms with Crippen molar-refractivity contribution >= 4 is 23.0 Å². The standard InChI is InChI=1S/C22H27N5O2/c1-3-26(4-2)15-19(28)16-27-14-18(20-7-5-6-8-21(20)27)13-24-25-22(29)17-9-11-23-12-10-17/h5-14,19,28H,3-4,15-16H2,1-2H3,(H,25,29)/b24-13-/t19-/m1/s1. The monoisotopic (exact) mass is 393 g/mol. The molecule has 0 radical (unpaired) electrons. The number of carbonyl (C=O) groups excluding carboxylic acids is 1. The van der Waals surface area contributed by atoms with Crippen LogP contribution < -0.4 is 5.43 Å². The Labute approximate surface area is 170 Å². The van der Waals surface area contributed by atoms with E-state index in [0.29, 0.717) is 18.7 Å². The second kappa shape index (κ2) is 9.95. The predicted octanol–water partition coefficient (Wildman–Crippen LogP) is 2.50. The van der Waals surface area contributed by atoms with Crippen molar-refractivity contribution in [3.05, 3.63) is 66.1 Å². The molecule has 0 spiro atoms. The number of hydrogen-bond donors (Lipinski definition) is 2. The maximum absolute atomic E-state index is 12.1. The molecule has 7 heteroatoms. The van der Waals surface area contributed by atoms with Crippen LogP contribution in [-0.4, -0.2) is 57.4 Å². The molecule has 3 aromatic rings. The fourth-order valence-electron chi connectivity index (χ4n) is 3.32. The zero-order chi connectivity index (χ0) is 20.6. The number of likely N-dealkylation sites (N-methyl/N-ethyl adjacent to an activating group) is 1. The van der Waals surface area contributed by atoms with Crippen molar-refractivity contribution in [2.45, 2.75) is 26.5 Å². The number of rotatable bonds is 9. The fraction of sp³-hybridized carbons (Fsp3) is 0.318. The molecule has 29 heavy (non-hydrogen) atoms. The van der Waals surface area contributed by atoms with Gasteiger partial charge >= 0.3 is 0 Å². The largest absolute Gasteiger partial charge is 0.390 e. The van der Waals surface area contributed by atoms with E-state index in [-0.39, 0.29) is 5.91 Å². The molecule has 2 aromatic heterocycles. The average molecular weight is 393 g/mol. The highest BCUT2D eigenvalue weighted by atomic mass is 16.3. The minimum Gasteiger partial charge on any atom is -0.390 e. The number of hydrogen-bond acceptors (Lipinski definition) is 5. The number of aliphatic hydroxyl groups excluding tert-OH is 1. The molecule has 2 heterocycles. The number of benzene rings is 1. The van der Waals surface area contributed by atoms with E-state index in [9.17, 15) is 9.90 Å². The van der Waals surface area contributed by atoms with Crippen LogP contribution in [0.2, 0.25) is 0 Å². The van der Waals surface area contributed by atoms with Gasteiger partial charge in [-0.05, 0) is 31.3 Å². The van der Waals surface area contributed by atoms with Gasteiger partial charge in [0, 0.05) is 53.7 Å². The van der Waals surface area contributed by atoms with E-state index in [1.165, 1.54) is 0 Å². The maximum Gasteiger partial charge on any atom is 0.271 e. The average Bonchev–Trinajstić information content (AvgIpc) is 3.10. The maximum atomic E-state index is 12.1. The minimum absolute atomic E-state index is 0.290. The lowest BCUT2D eigenvalue weighted by Gasteiger charge is -2.22. The Balaban J connectivity index is 1.74. The quantitative estimate of drug-likeness (QED) is 0.432. The molecule has 0 unspecified atom stereocenters. The van der Waals surface area contributed by atoms with Crippen LogP contribution in [0.25, 0.3) is 10.9 Å². The topological polar surface area (TPSA) is 82.8 Å². The Kier molecular flexibility index (Phi) is 7.10. The molecule has 1 atom stereocenters. The number of nitrogens with zero attached hydrogens (tertiary/aromatic N) is 4. The van der Waals surface area contributed by atoms with Crippen molar-refractivity contribution in [3.63, 3.8) is 0 Å². The number of nitrogens with one attached hydrogen (secondary N) is 1. The number of aliphatic hydroxyl groups is 1. The van der Waals surface area contributed by atoms with Gasteiger partial charge < -0.3 is 14.6 Å². The van der Waals surface area contributed by atoms with Crippen molar-refractivity contribution in [3.8, 4) is 0 Å². The third-order valence-electron chi connectivity index (χ3n) is 4.90. The van der Waals surface area contributed by atoms with Crippen LogP contribution >= 0.6 is 0 Å². The fourth-order valence-corrected chi connectivity index (χ4v) is 3.32. The van der Waals surface area contributed by atoms with E-state index < -0.39 is 6.10 Å². The second-order valence-corrected chi connectivity index (χ2v) is 6.83. The summed E-state index contributed by atoms with van der Waals surface area (Å²) in [5, 5.41) is 15.6. The molecule has 152 valence electrons. The van der Waals surface area contributed by atoms with Gasteiger partial charge in [0.1, 0.15) is 0 Å². The first kappa shape index (κ1) is 20.7. The summed E-state index contributed by atoms with van der Waals surface area (Å²) in [4.78, 5) is 18.2. The molecule has 0 aliphatic heterocycles. The lowest BCUT2D eigenvalue weighted by Crippen LogP contribution is -2.34. The van der Waals surface area contributed by atoms with Crippen LogP contribution in [0.5, 0.6) is 0 Å². The predicted molar refractivity (Wildman–Crippen MR) is 115 cm³/mol. The molecule has 0 saturated heterocycles. The summed E-state index contributed by atoms with van der Waals surface area (Å²) in [7, 11) is 0. The highest BCUT2D eigenvalue weighted by molar-refractivity contribution is 6.00. The van der Waals surface area contributed by atoms with Gasteiger partial charge in [0.25, 0.3) is 5.91 Å². The SMILES string of the molecule is CCN(CC)C[C@@H](O)Cn1cc(/C=N\NC(=O)c2ccncc2)c2ccccc21. The molecular formula is C22H27N5O2. The highest BCUT2D eigenvalue weighted by Crippen LogP contribution is 2.20. The summed E-state index contributed by atoms with van der Waals surface area (Å²) in [6, 6.07) is 11.2. The van der Waals surface area contributed by atoms with Gasteiger partial charge in [-0.1, -0.05) is 32.0 Å². The number of aromatic nitrogens is 2. The summed E-state index contributed by atoms with van der Waals surface area (Å²) >= 11 is 0. The lowest BCUT2D eigenvalue weighted by atomic mass is 10.2. The highest BCUT2D eigenvalue weighted by Gasteiger charge is 2.13. The number of carbonyl (C=O) groups is 1. The van der Waals surface area contributed by atoms with Crippen LogP contribution in [-0.2, 0) is 6.54 Å². The first-order valence-electron chi connectivity index (χ1n) is 9.84. The second-order valence-electron chi connectivity index (χ2n) is 6.83. The van der Waals surface area contributed by atoms with Crippen LogP contribution in [0.4, 0.5) is 0 Å². The molecule has 0 aliphatic carbocycles. The summed E-state index contributed by atoms with van der Waals surface area (Å²) in [5.41, 5.74) is 4.94. The van der Waals surface area contributed by atoms with Crippen molar-refractivity contribution < 1.29 is 9.90 Å². The van der Waals surface area contributed by atoms with Gasteiger partial charge in [-0.15, -0.1) is 0 Å². The van der Waals surface area contributed by atoms with Crippen molar-refractivity contribution in [2.24, 2.45) is 5.10 Å². The molecule has 1 amide bonds. The van der Waals surface area contributed by atoms with Gasteiger partial charge in [0.05, 0.1) is 12.3 Å². The number of amides is 1.